The van der Waals surface area contributed by atoms with Gasteiger partial charge in [-0.15, -0.1) is 0 Å². The van der Waals surface area contributed by atoms with Crippen LogP contribution >= 0.6 is 0 Å². The number of halogens is 1. The Hall–Kier alpha value is -4.06. The fourth-order valence-electron chi connectivity index (χ4n) is 3.00. The van der Waals surface area contributed by atoms with Crippen molar-refractivity contribution in [3.05, 3.63) is 114 Å². The average molecular weight is 398 g/mol. The van der Waals surface area contributed by atoms with E-state index in [-0.39, 0.29) is 5.56 Å². The Morgan fingerprint density at radius 3 is 2.20 bits per heavy atom. The molecule has 0 fully saturated rings. The second-order valence-electron chi connectivity index (χ2n) is 6.64. The van der Waals surface area contributed by atoms with Crippen molar-refractivity contribution in [2.45, 2.75) is 6.54 Å². The van der Waals surface area contributed by atoms with Gasteiger partial charge in [0.2, 0.25) is 5.95 Å². The molecule has 1 aromatic heterocycles. The van der Waals surface area contributed by atoms with Crippen LogP contribution in [0, 0.1) is 5.82 Å². The van der Waals surface area contributed by atoms with Crippen molar-refractivity contribution in [1.82, 2.24) is 9.97 Å². The number of hydrogen-bond acceptors (Lipinski definition) is 4. The monoisotopic (exact) mass is 398 g/mol. The molecule has 0 saturated heterocycles. The SMILES string of the molecule is O=C(Nc1cccc(F)c1)c1cnc(N(Cc2ccccc2)c2ccccc2)nc1. The largest absolute Gasteiger partial charge is 0.322 e. The van der Waals surface area contributed by atoms with Gasteiger partial charge >= 0.3 is 0 Å². The molecule has 1 N–H and O–H groups in total. The summed E-state index contributed by atoms with van der Waals surface area (Å²) in [6, 6.07) is 25.6. The molecule has 4 rings (SSSR count). The van der Waals surface area contributed by atoms with Crippen LogP contribution in [0.1, 0.15) is 15.9 Å². The van der Waals surface area contributed by atoms with Crippen molar-refractivity contribution in [1.29, 1.82) is 0 Å². The predicted octanol–water partition coefficient (Wildman–Crippen LogP) is 5.21. The molecular formula is C24H19FN4O. The van der Waals surface area contributed by atoms with Gasteiger partial charge in [-0.2, -0.15) is 0 Å². The zero-order chi connectivity index (χ0) is 20.8. The van der Waals surface area contributed by atoms with Gasteiger partial charge in [-0.05, 0) is 35.9 Å². The quantitative estimate of drug-likeness (QED) is 0.485. The second-order valence-corrected chi connectivity index (χ2v) is 6.64. The zero-order valence-electron chi connectivity index (χ0n) is 16.1. The van der Waals surface area contributed by atoms with Gasteiger partial charge in [-0.3, -0.25) is 4.79 Å². The Bertz CT molecular complexity index is 1120. The smallest absolute Gasteiger partial charge is 0.258 e. The Labute approximate surface area is 173 Å². The highest BCUT2D eigenvalue weighted by Gasteiger charge is 2.15. The summed E-state index contributed by atoms with van der Waals surface area (Å²) in [5, 5.41) is 2.65. The number of nitrogens with zero attached hydrogens (tertiary/aromatic N) is 3. The summed E-state index contributed by atoms with van der Waals surface area (Å²) < 4.78 is 13.3. The first kappa shape index (κ1) is 19.3. The van der Waals surface area contributed by atoms with Gasteiger partial charge in [0.15, 0.2) is 0 Å². The van der Waals surface area contributed by atoms with E-state index in [2.05, 4.69) is 15.3 Å². The van der Waals surface area contributed by atoms with Gasteiger partial charge in [-0.1, -0.05) is 54.6 Å². The van der Waals surface area contributed by atoms with Crippen molar-refractivity contribution < 1.29 is 9.18 Å². The van der Waals surface area contributed by atoms with Crippen LogP contribution in [0.2, 0.25) is 0 Å². The van der Waals surface area contributed by atoms with E-state index in [9.17, 15) is 9.18 Å². The van der Waals surface area contributed by atoms with Crippen molar-refractivity contribution in [2.75, 3.05) is 10.2 Å². The van der Waals surface area contributed by atoms with E-state index in [0.29, 0.717) is 18.2 Å². The van der Waals surface area contributed by atoms with Crippen LogP contribution in [0.15, 0.2) is 97.3 Å². The fourth-order valence-corrected chi connectivity index (χ4v) is 3.00. The minimum Gasteiger partial charge on any atom is -0.322 e. The number of carbonyl (C=O) groups is 1. The van der Waals surface area contributed by atoms with Gasteiger partial charge in [0, 0.05) is 23.8 Å². The first-order valence-electron chi connectivity index (χ1n) is 9.44. The number of nitrogens with one attached hydrogen (secondary N) is 1. The Morgan fingerprint density at radius 1 is 0.867 bits per heavy atom. The summed E-state index contributed by atoms with van der Waals surface area (Å²) in [6.07, 6.45) is 2.94. The Balaban J connectivity index is 1.57. The van der Waals surface area contributed by atoms with Gasteiger partial charge < -0.3 is 10.2 Å². The summed E-state index contributed by atoms with van der Waals surface area (Å²) in [5.74, 6) is -0.340. The molecule has 1 amide bonds. The van der Waals surface area contributed by atoms with Crippen molar-refractivity contribution in [3.8, 4) is 0 Å². The molecule has 0 atom stereocenters. The van der Waals surface area contributed by atoms with Crippen LogP contribution in [0.25, 0.3) is 0 Å². The zero-order valence-corrected chi connectivity index (χ0v) is 16.1. The van der Waals surface area contributed by atoms with Gasteiger partial charge in [0.25, 0.3) is 5.91 Å². The number of anilines is 3. The molecule has 6 heteroatoms. The number of amides is 1. The molecule has 0 saturated carbocycles. The lowest BCUT2D eigenvalue weighted by Gasteiger charge is -2.23. The Kier molecular flexibility index (Phi) is 5.75. The number of rotatable bonds is 6. The Morgan fingerprint density at radius 2 is 1.53 bits per heavy atom. The summed E-state index contributed by atoms with van der Waals surface area (Å²) in [6.45, 7) is 0.583. The highest BCUT2D eigenvalue weighted by atomic mass is 19.1. The van der Waals surface area contributed by atoms with E-state index >= 15 is 0 Å². The number of para-hydroxylation sites is 1. The molecule has 0 aliphatic heterocycles. The van der Waals surface area contributed by atoms with Crippen LogP contribution in [0.5, 0.6) is 0 Å². The van der Waals surface area contributed by atoms with Crippen LogP contribution in [0.4, 0.5) is 21.7 Å². The average Bonchev–Trinajstić information content (AvgIpc) is 2.79. The molecule has 0 bridgehead atoms. The maximum Gasteiger partial charge on any atom is 0.258 e. The van der Waals surface area contributed by atoms with E-state index < -0.39 is 11.7 Å². The van der Waals surface area contributed by atoms with Crippen LogP contribution in [0.3, 0.4) is 0 Å². The first-order chi connectivity index (χ1) is 14.7. The normalized spacial score (nSPS) is 10.4. The molecule has 30 heavy (non-hydrogen) atoms. The summed E-state index contributed by atoms with van der Waals surface area (Å²) in [5.41, 5.74) is 2.71. The predicted molar refractivity (Wildman–Crippen MR) is 115 cm³/mol. The highest BCUT2D eigenvalue weighted by molar-refractivity contribution is 6.03. The topological polar surface area (TPSA) is 58.1 Å². The third kappa shape index (κ3) is 4.67. The van der Waals surface area contributed by atoms with E-state index in [4.69, 9.17) is 0 Å². The fraction of sp³-hybridized carbons (Fsp3) is 0.0417. The lowest BCUT2D eigenvalue weighted by atomic mass is 10.2. The van der Waals surface area contributed by atoms with Crippen LogP contribution in [-0.2, 0) is 6.54 Å². The third-order valence-corrected chi connectivity index (χ3v) is 4.48. The minimum absolute atomic E-state index is 0.288. The van der Waals surface area contributed by atoms with E-state index in [0.717, 1.165) is 11.3 Å². The first-order valence-corrected chi connectivity index (χ1v) is 9.44. The molecule has 0 unspecified atom stereocenters. The molecule has 1 heterocycles. The van der Waals surface area contributed by atoms with Gasteiger partial charge in [0.05, 0.1) is 12.1 Å². The van der Waals surface area contributed by atoms with Crippen molar-refractivity contribution >= 4 is 23.2 Å². The maximum absolute atomic E-state index is 13.3. The number of hydrogen-bond donors (Lipinski definition) is 1. The molecule has 0 radical (unpaired) electrons. The summed E-state index contributed by atoms with van der Waals surface area (Å²) in [7, 11) is 0. The molecular weight excluding hydrogens is 379 g/mol. The van der Waals surface area contributed by atoms with E-state index in [1.807, 2.05) is 65.6 Å². The highest BCUT2D eigenvalue weighted by Crippen LogP contribution is 2.24. The lowest BCUT2D eigenvalue weighted by Crippen LogP contribution is -2.20. The van der Waals surface area contributed by atoms with Gasteiger partial charge in [0.1, 0.15) is 5.82 Å². The molecule has 5 nitrogen and oxygen atoms in total. The van der Waals surface area contributed by atoms with Crippen molar-refractivity contribution in [2.24, 2.45) is 0 Å². The van der Waals surface area contributed by atoms with Crippen LogP contribution < -0.4 is 10.2 Å². The molecule has 3 aromatic carbocycles. The minimum atomic E-state index is -0.418. The standard InChI is InChI=1S/C24H19FN4O/c25-20-10-7-11-21(14-20)28-23(30)19-15-26-24(27-16-19)29(22-12-5-2-6-13-22)17-18-8-3-1-4-9-18/h1-16H,17H2,(H,28,30). The molecule has 0 aliphatic carbocycles. The molecule has 148 valence electrons. The molecule has 0 spiro atoms. The lowest BCUT2D eigenvalue weighted by molar-refractivity contribution is 0.102. The van der Waals surface area contributed by atoms with Gasteiger partial charge in [-0.25, -0.2) is 14.4 Å². The van der Waals surface area contributed by atoms with Crippen molar-refractivity contribution in [3.63, 3.8) is 0 Å². The molecule has 0 aliphatic rings. The van der Waals surface area contributed by atoms with Crippen LogP contribution in [-0.4, -0.2) is 15.9 Å². The number of aromatic nitrogens is 2. The number of carbonyl (C=O) groups excluding carboxylic acids is 1. The third-order valence-electron chi connectivity index (χ3n) is 4.48. The second kappa shape index (κ2) is 8.96. The number of benzene rings is 3. The maximum atomic E-state index is 13.3. The molecule has 4 aromatic rings. The van der Waals surface area contributed by atoms with E-state index in [1.165, 1.54) is 30.6 Å². The summed E-state index contributed by atoms with van der Waals surface area (Å²) >= 11 is 0. The van der Waals surface area contributed by atoms with E-state index in [1.54, 1.807) is 6.07 Å². The summed E-state index contributed by atoms with van der Waals surface area (Å²) in [4.78, 5) is 23.2.